The molecule has 26 heavy (non-hydrogen) atoms. The Kier molecular flexibility index (Phi) is 5.47. The molecule has 4 aliphatic carbocycles. The van der Waals surface area contributed by atoms with E-state index in [0.29, 0.717) is 10.8 Å². The van der Waals surface area contributed by atoms with Gasteiger partial charge in [0.15, 0.2) is 0 Å². The molecule has 0 aromatic heterocycles. The van der Waals surface area contributed by atoms with Crippen LogP contribution in [-0.4, -0.2) is 6.61 Å². The molecule has 0 saturated heterocycles. The van der Waals surface area contributed by atoms with Gasteiger partial charge in [-0.05, 0) is 111 Å². The first-order chi connectivity index (χ1) is 12.5. The molecular weight excluding hydrogens is 318 g/mol. The molecule has 4 fully saturated rings. The normalized spacial score (nSPS) is 49.2. The third-order valence-electron chi connectivity index (χ3n) is 10.3. The average molecular weight is 362 g/mol. The molecule has 0 bridgehead atoms. The number of hydrogen-bond acceptors (Lipinski definition) is 2. The van der Waals surface area contributed by atoms with Crippen molar-refractivity contribution >= 4 is 0 Å². The summed E-state index contributed by atoms with van der Waals surface area (Å²) in [6.07, 6.45) is 17.6. The van der Waals surface area contributed by atoms with Gasteiger partial charge in [-0.15, -0.1) is 0 Å². The fraction of sp³-hybridized carbons (Fsp3) is 1.00. The highest BCUT2D eigenvalue weighted by Crippen LogP contribution is 2.68. The molecule has 0 heterocycles. The summed E-state index contributed by atoms with van der Waals surface area (Å²) in [5, 5.41) is 0. The molecule has 2 nitrogen and oxygen atoms in total. The molecule has 0 aromatic rings. The van der Waals surface area contributed by atoms with Crippen molar-refractivity contribution in [3.8, 4) is 0 Å². The zero-order chi connectivity index (χ0) is 18.4. The van der Waals surface area contributed by atoms with E-state index in [1.165, 1.54) is 64.2 Å². The first-order valence-corrected chi connectivity index (χ1v) is 11.8. The molecule has 1 unspecified atom stereocenters. The molecule has 8 atom stereocenters. The minimum atomic E-state index is 0.613. The van der Waals surface area contributed by atoms with Gasteiger partial charge < -0.3 is 4.84 Å². The zero-order valence-corrected chi connectivity index (χ0v) is 17.6. The molecule has 0 aliphatic heterocycles. The fourth-order valence-electron chi connectivity index (χ4n) is 8.96. The van der Waals surface area contributed by atoms with Gasteiger partial charge in [0.2, 0.25) is 0 Å². The van der Waals surface area contributed by atoms with Crippen molar-refractivity contribution in [2.75, 3.05) is 6.61 Å². The Bertz CT molecular complexity index is 493. The fourth-order valence-corrected chi connectivity index (χ4v) is 8.96. The van der Waals surface area contributed by atoms with Crippen LogP contribution in [0.25, 0.3) is 0 Å². The first kappa shape index (κ1) is 19.2. The van der Waals surface area contributed by atoms with Gasteiger partial charge in [-0.2, -0.15) is 0 Å². The average Bonchev–Trinajstić information content (AvgIpc) is 2.98. The number of fused-ring (bicyclic) bond motifs is 5. The lowest BCUT2D eigenvalue weighted by molar-refractivity contribution is -0.114. The molecule has 150 valence electrons. The van der Waals surface area contributed by atoms with E-state index in [0.717, 1.165) is 48.5 Å². The van der Waals surface area contributed by atoms with Gasteiger partial charge in [-0.3, -0.25) is 0 Å². The van der Waals surface area contributed by atoms with Crippen LogP contribution in [0.2, 0.25) is 0 Å². The van der Waals surface area contributed by atoms with Crippen LogP contribution in [0.5, 0.6) is 0 Å². The Morgan fingerprint density at radius 1 is 0.923 bits per heavy atom. The highest BCUT2D eigenvalue weighted by Gasteiger charge is 2.59. The van der Waals surface area contributed by atoms with Crippen LogP contribution in [0.1, 0.15) is 97.8 Å². The topological polar surface area (TPSA) is 35.2 Å². The third-order valence-corrected chi connectivity index (χ3v) is 10.3. The van der Waals surface area contributed by atoms with Crippen molar-refractivity contribution in [2.24, 2.45) is 52.2 Å². The van der Waals surface area contributed by atoms with Crippen molar-refractivity contribution < 1.29 is 4.84 Å². The SMILES string of the molecule is C[C@H](CCCON)[C@H]1CC[C@H]2[C@@H]3CCC4CCCC[C@]4(C)[C@H]3CC[C@]12C. The molecule has 2 N–H and O–H groups in total. The summed E-state index contributed by atoms with van der Waals surface area (Å²) in [6, 6.07) is 0. The first-order valence-electron chi connectivity index (χ1n) is 11.8. The summed E-state index contributed by atoms with van der Waals surface area (Å²) >= 11 is 0. The van der Waals surface area contributed by atoms with Crippen LogP contribution < -0.4 is 5.90 Å². The third kappa shape index (κ3) is 2.98. The van der Waals surface area contributed by atoms with Crippen LogP contribution in [0.4, 0.5) is 0 Å². The van der Waals surface area contributed by atoms with E-state index in [-0.39, 0.29) is 0 Å². The van der Waals surface area contributed by atoms with Crippen LogP contribution in [0.3, 0.4) is 0 Å². The summed E-state index contributed by atoms with van der Waals surface area (Å²) in [7, 11) is 0. The summed E-state index contributed by atoms with van der Waals surface area (Å²) < 4.78 is 0. The Hall–Kier alpha value is -0.0800. The molecule has 0 radical (unpaired) electrons. The van der Waals surface area contributed by atoms with E-state index in [9.17, 15) is 0 Å². The van der Waals surface area contributed by atoms with E-state index >= 15 is 0 Å². The van der Waals surface area contributed by atoms with Gasteiger partial charge in [0, 0.05) is 0 Å². The second-order valence-corrected chi connectivity index (χ2v) is 11.1. The van der Waals surface area contributed by atoms with Crippen LogP contribution in [0, 0.1) is 46.3 Å². The largest absolute Gasteiger partial charge is 0.305 e. The Morgan fingerprint density at radius 2 is 1.73 bits per heavy atom. The molecule has 0 aromatic carbocycles. The summed E-state index contributed by atoms with van der Waals surface area (Å²) in [5.41, 5.74) is 1.30. The number of hydrogen-bond donors (Lipinski definition) is 1. The Labute approximate surface area is 162 Å². The Balaban J connectivity index is 1.49. The zero-order valence-electron chi connectivity index (χ0n) is 17.6. The van der Waals surface area contributed by atoms with E-state index in [4.69, 9.17) is 10.7 Å². The molecule has 4 rings (SSSR count). The van der Waals surface area contributed by atoms with Crippen molar-refractivity contribution in [2.45, 2.75) is 97.8 Å². The van der Waals surface area contributed by atoms with Crippen LogP contribution in [-0.2, 0) is 4.84 Å². The second kappa shape index (κ2) is 7.39. The van der Waals surface area contributed by atoms with Crippen molar-refractivity contribution in [1.82, 2.24) is 0 Å². The lowest BCUT2D eigenvalue weighted by Gasteiger charge is -2.61. The standard InChI is InChI=1S/C24H43NO/c1-17(7-6-16-26-25)20-11-12-21-19-10-9-18-8-4-5-14-23(18,2)22(19)13-15-24(20,21)3/h17-22H,4-16,25H2,1-3H3/t17-,18?,19+,20-,21+,22+,23+,24-/m1/s1. The van der Waals surface area contributed by atoms with E-state index in [2.05, 4.69) is 20.8 Å². The van der Waals surface area contributed by atoms with E-state index in [1.807, 2.05) is 0 Å². The van der Waals surface area contributed by atoms with E-state index in [1.54, 1.807) is 6.42 Å². The minimum absolute atomic E-state index is 0.613. The van der Waals surface area contributed by atoms with Gasteiger partial charge in [-0.1, -0.05) is 33.6 Å². The lowest BCUT2D eigenvalue weighted by Crippen LogP contribution is -2.53. The van der Waals surface area contributed by atoms with Crippen LogP contribution in [0.15, 0.2) is 0 Å². The van der Waals surface area contributed by atoms with Gasteiger partial charge in [0.05, 0.1) is 6.61 Å². The molecular formula is C24H43NO. The highest BCUT2D eigenvalue weighted by atomic mass is 16.6. The predicted molar refractivity (Wildman–Crippen MR) is 108 cm³/mol. The van der Waals surface area contributed by atoms with Gasteiger partial charge >= 0.3 is 0 Å². The number of nitrogens with two attached hydrogens (primary N) is 1. The number of rotatable bonds is 5. The smallest absolute Gasteiger partial charge is 0.0679 e. The lowest BCUT2D eigenvalue weighted by atomic mass is 9.44. The summed E-state index contributed by atoms with van der Waals surface area (Å²) in [4.78, 5) is 4.82. The Morgan fingerprint density at radius 3 is 2.54 bits per heavy atom. The summed E-state index contributed by atoms with van der Waals surface area (Å²) in [5.74, 6) is 11.1. The molecule has 4 saturated carbocycles. The molecule has 4 aliphatic rings. The van der Waals surface area contributed by atoms with Gasteiger partial charge in [0.1, 0.15) is 0 Å². The molecule has 0 spiro atoms. The molecule has 2 heteroatoms. The predicted octanol–water partition coefficient (Wildman–Crippen LogP) is 6.34. The highest BCUT2D eigenvalue weighted by molar-refractivity contribution is 5.09. The van der Waals surface area contributed by atoms with Crippen molar-refractivity contribution in [3.63, 3.8) is 0 Å². The van der Waals surface area contributed by atoms with Crippen molar-refractivity contribution in [3.05, 3.63) is 0 Å². The van der Waals surface area contributed by atoms with Gasteiger partial charge in [-0.25, -0.2) is 5.90 Å². The summed E-state index contributed by atoms with van der Waals surface area (Å²) in [6.45, 7) is 8.64. The minimum Gasteiger partial charge on any atom is -0.305 e. The quantitative estimate of drug-likeness (QED) is 0.458. The van der Waals surface area contributed by atoms with Crippen molar-refractivity contribution in [1.29, 1.82) is 0 Å². The maximum atomic E-state index is 5.24. The maximum Gasteiger partial charge on any atom is 0.0679 e. The maximum absolute atomic E-state index is 5.24. The van der Waals surface area contributed by atoms with E-state index < -0.39 is 0 Å². The van der Waals surface area contributed by atoms with Gasteiger partial charge in [0.25, 0.3) is 0 Å². The monoisotopic (exact) mass is 361 g/mol. The van der Waals surface area contributed by atoms with Crippen LogP contribution >= 0.6 is 0 Å². The molecule has 0 amide bonds. The second-order valence-electron chi connectivity index (χ2n) is 11.1.